The molecular weight excluding hydrogens is 435 g/mol. The molecule has 0 fully saturated rings. The predicted octanol–water partition coefficient (Wildman–Crippen LogP) is 4.05. The van der Waals surface area contributed by atoms with E-state index in [9.17, 15) is 35.5 Å². The SMILES string of the molecule is NC1=NC(c2cc(NC(=O)c3cnc(C(F)F)cn3)ccc2F)(C(F)F)C(F)(F)CC1. The van der Waals surface area contributed by atoms with Gasteiger partial charge in [-0.2, -0.15) is 0 Å². The molecule has 0 aliphatic carbocycles. The molecule has 0 bridgehead atoms. The number of carbonyl (C=O) groups is 1. The molecule has 1 atom stereocenters. The average molecular weight is 449 g/mol. The van der Waals surface area contributed by atoms with Gasteiger partial charge in [0, 0.05) is 24.1 Å². The van der Waals surface area contributed by atoms with Crippen LogP contribution in [-0.4, -0.2) is 34.1 Å². The summed E-state index contributed by atoms with van der Waals surface area (Å²) in [4.78, 5) is 22.3. The second kappa shape index (κ2) is 8.12. The minimum absolute atomic E-state index is 0.337. The molecule has 6 nitrogen and oxygen atoms in total. The highest BCUT2D eigenvalue weighted by molar-refractivity contribution is 6.02. The number of aromatic nitrogens is 2. The number of carbonyl (C=O) groups excluding carboxylic acids is 1. The number of amides is 1. The number of alkyl halides is 6. The van der Waals surface area contributed by atoms with Gasteiger partial charge in [0.25, 0.3) is 24.7 Å². The lowest BCUT2D eigenvalue weighted by atomic mass is 9.79. The lowest BCUT2D eigenvalue weighted by Crippen LogP contribution is -2.54. The zero-order chi connectivity index (χ0) is 23.0. The number of halogens is 7. The lowest BCUT2D eigenvalue weighted by molar-refractivity contribution is -0.145. The molecule has 3 rings (SSSR count). The molecule has 166 valence electrons. The van der Waals surface area contributed by atoms with Gasteiger partial charge in [-0.1, -0.05) is 0 Å². The Hall–Kier alpha value is -3.25. The quantitative estimate of drug-likeness (QED) is 0.674. The first-order valence-corrected chi connectivity index (χ1v) is 8.69. The molecular formula is C18H14F7N5O. The summed E-state index contributed by atoms with van der Waals surface area (Å²) in [5.74, 6) is -7.05. The number of hydrogen-bond donors (Lipinski definition) is 2. The molecule has 1 aromatic carbocycles. The highest BCUT2D eigenvalue weighted by Crippen LogP contribution is 2.51. The van der Waals surface area contributed by atoms with Gasteiger partial charge in [-0.3, -0.25) is 9.78 Å². The van der Waals surface area contributed by atoms with Gasteiger partial charge in [-0.25, -0.2) is 40.7 Å². The Kier molecular flexibility index (Phi) is 5.87. The van der Waals surface area contributed by atoms with E-state index < -0.39 is 71.7 Å². The molecule has 13 heteroatoms. The van der Waals surface area contributed by atoms with Crippen LogP contribution in [0.3, 0.4) is 0 Å². The second-order valence-corrected chi connectivity index (χ2v) is 6.65. The van der Waals surface area contributed by atoms with E-state index in [1.165, 1.54) is 0 Å². The molecule has 2 aromatic rings. The van der Waals surface area contributed by atoms with Crippen LogP contribution >= 0.6 is 0 Å². The number of aliphatic imine (C=N–C) groups is 1. The summed E-state index contributed by atoms with van der Waals surface area (Å²) in [5.41, 5.74) is -0.786. The third-order valence-electron chi connectivity index (χ3n) is 4.65. The number of amidine groups is 1. The molecule has 0 saturated heterocycles. The van der Waals surface area contributed by atoms with Crippen LogP contribution in [0.25, 0.3) is 0 Å². The summed E-state index contributed by atoms with van der Waals surface area (Å²) in [5, 5.41) is 2.14. The fraction of sp³-hybridized carbons (Fsp3) is 0.333. The Bertz CT molecular complexity index is 1010. The topological polar surface area (TPSA) is 93.3 Å². The zero-order valence-electron chi connectivity index (χ0n) is 15.4. The van der Waals surface area contributed by atoms with Crippen molar-refractivity contribution >= 4 is 17.4 Å². The summed E-state index contributed by atoms with van der Waals surface area (Å²) in [6, 6.07) is 2.14. The first-order valence-electron chi connectivity index (χ1n) is 8.69. The highest BCUT2D eigenvalue weighted by Gasteiger charge is 2.63. The third kappa shape index (κ3) is 4.03. The van der Waals surface area contributed by atoms with E-state index in [0.29, 0.717) is 18.3 Å². The van der Waals surface area contributed by atoms with Crippen molar-refractivity contribution in [2.24, 2.45) is 10.7 Å². The molecule has 31 heavy (non-hydrogen) atoms. The predicted molar refractivity (Wildman–Crippen MR) is 94.8 cm³/mol. The Morgan fingerprint density at radius 3 is 2.42 bits per heavy atom. The number of anilines is 1. The molecule has 1 aliphatic rings. The molecule has 0 saturated carbocycles. The molecule has 1 amide bonds. The van der Waals surface area contributed by atoms with Crippen LogP contribution in [0.2, 0.25) is 0 Å². The van der Waals surface area contributed by atoms with Crippen LogP contribution in [0.4, 0.5) is 36.4 Å². The number of benzene rings is 1. The van der Waals surface area contributed by atoms with Gasteiger partial charge in [0.2, 0.25) is 5.54 Å². The van der Waals surface area contributed by atoms with Gasteiger partial charge < -0.3 is 11.1 Å². The van der Waals surface area contributed by atoms with Crippen LogP contribution in [0.15, 0.2) is 35.6 Å². The number of nitrogens with one attached hydrogen (secondary N) is 1. The lowest BCUT2D eigenvalue weighted by Gasteiger charge is -2.40. The Morgan fingerprint density at radius 1 is 1.13 bits per heavy atom. The van der Waals surface area contributed by atoms with Crippen molar-refractivity contribution in [1.82, 2.24) is 9.97 Å². The maximum Gasteiger partial charge on any atom is 0.283 e. The van der Waals surface area contributed by atoms with E-state index >= 15 is 0 Å². The van der Waals surface area contributed by atoms with E-state index in [1.54, 1.807) is 0 Å². The van der Waals surface area contributed by atoms with Crippen molar-refractivity contribution in [3.05, 3.63) is 53.4 Å². The Balaban J connectivity index is 1.99. The standard InChI is InChI=1S/C18H14F7N5O/c19-10-2-1-8(29-15(31)12-7-27-11(6-28-12)14(20)21)5-9(10)18(16(22)23)17(24,25)4-3-13(26)30-18/h1-2,5-7,14,16H,3-4H2,(H2,26,30)(H,29,31). The maximum atomic E-state index is 14.6. The third-order valence-corrected chi connectivity index (χ3v) is 4.65. The van der Waals surface area contributed by atoms with Crippen molar-refractivity contribution in [1.29, 1.82) is 0 Å². The summed E-state index contributed by atoms with van der Waals surface area (Å²) in [7, 11) is 0. The van der Waals surface area contributed by atoms with Gasteiger partial charge in [0.15, 0.2) is 0 Å². The maximum absolute atomic E-state index is 14.6. The van der Waals surface area contributed by atoms with Crippen LogP contribution in [0.5, 0.6) is 0 Å². The summed E-state index contributed by atoms with van der Waals surface area (Å²) < 4.78 is 96.5. The fourth-order valence-electron chi connectivity index (χ4n) is 3.08. The molecule has 1 aromatic heterocycles. The van der Waals surface area contributed by atoms with Gasteiger partial charge in [-0.05, 0) is 18.2 Å². The minimum Gasteiger partial charge on any atom is -0.387 e. The second-order valence-electron chi connectivity index (χ2n) is 6.65. The number of hydrogen-bond acceptors (Lipinski definition) is 5. The fourth-order valence-corrected chi connectivity index (χ4v) is 3.08. The van der Waals surface area contributed by atoms with Crippen molar-refractivity contribution < 1.29 is 35.5 Å². The average Bonchev–Trinajstić information content (AvgIpc) is 2.71. The van der Waals surface area contributed by atoms with Crippen LogP contribution < -0.4 is 11.1 Å². The van der Waals surface area contributed by atoms with Crippen LogP contribution in [-0.2, 0) is 5.54 Å². The van der Waals surface area contributed by atoms with E-state index in [4.69, 9.17) is 5.73 Å². The smallest absolute Gasteiger partial charge is 0.283 e. The number of nitrogens with two attached hydrogens (primary N) is 1. The summed E-state index contributed by atoms with van der Waals surface area (Å²) >= 11 is 0. The van der Waals surface area contributed by atoms with Crippen LogP contribution in [0.1, 0.15) is 41.0 Å². The van der Waals surface area contributed by atoms with Crippen LogP contribution in [0, 0.1) is 5.82 Å². The van der Waals surface area contributed by atoms with E-state index in [0.717, 1.165) is 12.3 Å². The summed E-state index contributed by atoms with van der Waals surface area (Å²) in [6.45, 7) is 0. The zero-order valence-corrected chi connectivity index (χ0v) is 15.4. The first kappa shape index (κ1) is 22.4. The Morgan fingerprint density at radius 2 is 1.84 bits per heavy atom. The van der Waals surface area contributed by atoms with E-state index in [-0.39, 0.29) is 5.69 Å². The van der Waals surface area contributed by atoms with Gasteiger partial charge in [0.1, 0.15) is 17.2 Å². The number of nitrogens with zero attached hydrogens (tertiary/aromatic N) is 3. The minimum atomic E-state index is -4.13. The van der Waals surface area contributed by atoms with Gasteiger partial charge >= 0.3 is 0 Å². The largest absolute Gasteiger partial charge is 0.387 e. The molecule has 2 heterocycles. The van der Waals surface area contributed by atoms with Crippen molar-refractivity contribution in [2.75, 3.05) is 5.32 Å². The van der Waals surface area contributed by atoms with Gasteiger partial charge in [0.05, 0.1) is 18.2 Å². The van der Waals surface area contributed by atoms with E-state index in [2.05, 4.69) is 20.3 Å². The Labute approximate surface area is 170 Å². The monoisotopic (exact) mass is 449 g/mol. The molecule has 1 unspecified atom stereocenters. The van der Waals surface area contributed by atoms with Crippen molar-refractivity contribution in [3.8, 4) is 0 Å². The van der Waals surface area contributed by atoms with E-state index in [1.807, 2.05) is 0 Å². The summed E-state index contributed by atoms with van der Waals surface area (Å²) in [6.07, 6.45) is -6.87. The van der Waals surface area contributed by atoms with Gasteiger partial charge in [-0.15, -0.1) is 0 Å². The normalized spacial score (nSPS) is 20.6. The number of rotatable bonds is 5. The van der Waals surface area contributed by atoms with Crippen molar-refractivity contribution in [3.63, 3.8) is 0 Å². The highest BCUT2D eigenvalue weighted by atomic mass is 19.3. The van der Waals surface area contributed by atoms with Crippen molar-refractivity contribution in [2.45, 2.75) is 37.2 Å². The molecule has 0 spiro atoms. The first-order chi connectivity index (χ1) is 14.5. The molecule has 1 aliphatic heterocycles. The molecule has 3 N–H and O–H groups in total. The molecule has 0 radical (unpaired) electrons.